The van der Waals surface area contributed by atoms with Crippen molar-refractivity contribution in [2.75, 3.05) is 18.1 Å². The SMILES string of the molecule is Cc1nn(C)cc1S(=O)(=O)NC(=O)c1ccc(-n2ccc(OCC(C)(C)C(F)(F)F)n2)nc1N1CC2(CC2)CC1(C)C. The van der Waals surface area contributed by atoms with Gasteiger partial charge in [0.25, 0.3) is 15.9 Å². The lowest BCUT2D eigenvalue weighted by molar-refractivity contribution is -0.219. The molecule has 11 nitrogen and oxygen atoms in total. The van der Waals surface area contributed by atoms with Gasteiger partial charge in [-0.05, 0) is 71.4 Å². The standard InChI is InChI=1S/C27H34F3N7O4S/c1-17-19(13-35(6)32-17)42(39,40)34-23(38)18-7-8-20(31-22(18)36-15-26(10-11-26)14-25(36,4)5)37-12-9-21(33-37)41-16-24(2,3)27(28,29)30/h7-9,12-13H,10-11,14-16H2,1-6H3,(H,34,38). The van der Waals surface area contributed by atoms with E-state index >= 15 is 0 Å². The van der Waals surface area contributed by atoms with Crippen LogP contribution in [0.1, 0.15) is 63.0 Å². The molecule has 2 fully saturated rings. The molecule has 1 amide bonds. The number of carbonyl (C=O) groups is 1. The second-order valence-corrected chi connectivity index (χ2v) is 14.2. The van der Waals surface area contributed by atoms with E-state index in [-0.39, 0.29) is 44.6 Å². The Balaban J connectivity index is 1.47. The van der Waals surface area contributed by atoms with Crippen molar-refractivity contribution in [3.8, 4) is 11.7 Å². The maximum absolute atomic E-state index is 13.5. The van der Waals surface area contributed by atoms with Crippen LogP contribution in [0.15, 0.2) is 35.5 Å². The molecular formula is C27H34F3N7O4S. The molecule has 5 rings (SSSR count). The van der Waals surface area contributed by atoms with E-state index in [2.05, 4.69) is 14.9 Å². The van der Waals surface area contributed by atoms with Crippen molar-refractivity contribution in [1.82, 2.24) is 29.3 Å². The number of aromatic nitrogens is 5. The molecule has 0 radical (unpaired) electrons. The Morgan fingerprint density at radius 2 is 1.83 bits per heavy atom. The molecule has 15 heteroatoms. The van der Waals surface area contributed by atoms with Crippen LogP contribution in [0, 0.1) is 17.8 Å². The van der Waals surface area contributed by atoms with E-state index in [1.807, 2.05) is 18.7 Å². The first kappa shape index (κ1) is 29.9. The molecule has 1 spiro atoms. The summed E-state index contributed by atoms with van der Waals surface area (Å²) < 4.78 is 76.1. The fourth-order valence-electron chi connectivity index (χ4n) is 5.36. The smallest absolute Gasteiger partial charge is 0.397 e. The summed E-state index contributed by atoms with van der Waals surface area (Å²) in [4.78, 5) is 20.2. The minimum absolute atomic E-state index is 0.0196. The number of carbonyl (C=O) groups excluding carboxylic acids is 1. The van der Waals surface area contributed by atoms with Gasteiger partial charge in [0.2, 0.25) is 5.88 Å². The van der Waals surface area contributed by atoms with Gasteiger partial charge in [-0.3, -0.25) is 9.48 Å². The number of hydrogen-bond donors (Lipinski definition) is 1. The number of nitrogens with zero attached hydrogens (tertiary/aromatic N) is 6. The maximum atomic E-state index is 13.5. The molecule has 42 heavy (non-hydrogen) atoms. The van der Waals surface area contributed by atoms with Gasteiger partial charge in [0.1, 0.15) is 17.3 Å². The Morgan fingerprint density at radius 3 is 2.40 bits per heavy atom. The van der Waals surface area contributed by atoms with Crippen LogP contribution >= 0.6 is 0 Å². The lowest BCUT2D eigenvalue weighted by atomic mass is 9.94. The highest BCUT2D eigenvalue weighted by Crippen LogP contribution is 2.58. The first-order valence-electron chi connectivity index (χ1n) is 13.4. The van der Waals surface area contributed by atoms with Crippen LogP contribution in [0.25, 0.3) is 5.82 Å². The normalized spacial score (nSPS) is 18.0. The molecule has 0 bridgehead atoms. The van der Waals surface area contributed by atoms with Gasteiger partial charge >= 0.3 is 6.18 Å². The number of hydrogen-bond acceptors (Lipinski definition) is 8. The highest BCUT2D eigenvalue weighted by atomic mass is 32.2. The van der Waals surface area contributed by atoms with Crippen molar-refractivity contribution >= 4 is 21.7 Å². The van der Waals surface area contributed by atoms with Crippen LogP contribution in [0.5, 0.6) is 5.88 Å². The average molecular weight is 610 g/mol. The van der Waals surface area contributed by atoms with Crippen molar-refractivity contribution in [1.29, 1.82) is 0 Å². The fraction of sp³-hybridized carbons (Fsp3) is 0.556. The van der Waals surface area contributed by atoms with E-state index in [9.17, 15) is 26.4 Å². The summed E-state index contributed by atoms with van der Waals surface area (Å²) in [6.07, 6.45) is 1.35. The number of sulfonamides is 1. The van der Waals surface area contributed by atoms with Crippen molar-refractivity contribution in [2.24, 2.45) is 17.9 Å². The Labute approximate surface area is 242 Å². The maximum Gasteiger partial charge on any atom is 0.397 e. The second kappa shape index (κ2) is 9.71. The molecule has 228 valence electrons. The molecule has 0 aromatic carbocycles. The predicted molar refractivity (Wildman–Crippen MR) is 147 cm³/mol. The lowest BCUT2D eigenvalue weighted by Crippen LogP contribution is -2.41. The number of rotatable bonds is 8. The number of amides is 1. The van der Waals surface area contributed by atoms with Crippen LogP contribution in [0.3, 0.4) is 0 Å². The van der Waals surface area contributed by atoms with E-state index in [0.717, 1.165) is 33.1 Å². The van der Waals surface area contributed by atoms with Gasteiger partial charge in [-0.15, -0.1) is 5.10 Å². The van der Waals surface area contributed by atoms with E-state index in [4.69, 9.17) is 9.72 Å². The first-order valence-corrected chi connectivity index (χ1v) is 14.9. The molecular weight excluding hydrogens is 575 g/mol. The summed E-state index contributed by atoms with van der Waals surface area (Å²) in [5, 5.41) is 8.29. The molecule has 3 aromatic rings. The molecule has 0 unspecified atom stereocenters. The monoisotopic (exact) mass is 609 g/mol. The molecule has 2 aliphatic rings. The number of halogens is 3. The Kier molecular flexibility index (Phi) is 6.90. The zero-order valence-corrected chi connectivity index (χ0v) is 25.1. The number of pyridine rings is 1. The zero-order chi connectivity index (χ0) is 30.9. The summed E-state index contributed by atoms with van der Waals surface area (Å²) in [6.45, 7) is 7.74. The molecule has 1 aliphatic heterocycles. The van der Waals surface area contributed by atoms with E-state index in [0.29, 0.717) is 6.54 Å². The lowest BCUT2D eigenvalue weighted by Gasteiger charge is -2.33. The molecule has 1 aliphatic carbocycles. The summed E-state index contributed by atoms with van der Waals surface area (Å²) in [5.41, 5.74) is -2.03. The zero-order valence-electron chi connectivity index (χ0n) is 24.3. The Bertz CT molecular complexity index is 1640. The van der Waals surface area contributed by atoms with Gasteiger partial charge in [0, 0.05) is 37.6 Å². The summed E-state index contributed by atoms with van der Waals surface area (Å²) in [5.74, 6) is -0.300. The van der Waals surface area contributed by atoms with Gasteiger partial charge in [-0.1, -0.05) is 0 Å². The van der Waals surface area contributed by atoms with Crippen LogP contribution in [-0.4, -0.2) is 63.7 Å². The van der Waals surface area contributed by atoms with E-state index in [1.54, 1.807) is 7.05 Å². The third-order valence-electron chi connectivity index (χ3n) is 7.98. The Morgan fingerprint density at radius 1 is 1.14 bits per heavy atom. The van der Waals surface area contributed by atoms with Crippen molar-refractivity contribution in [3.05, 3.63) is 41.9 Å². The molecule has 3 aromatic heterocycles. The van der Waals surface area contributed by atoms with Gasteiger partial charge in [-0.25, -0.2) is 22.8 Å². The van der Waals surface area contributed by atoms with Crippen molar-refractivity contribution in [2.45, 2.75) is 70.5 Å². The first-order chi connectivity index (χ1) is 19.3. The summed E-state index contributed by atoms with van der Waals surface area (Å²) in [6, 6.07) is 4.39. The van der Waals surface area contributed by atoms with E-state index in [1.165, 1.54) is 46.9 Å². The van der Waals surface area contributed by atoms with E-state index < -0.39 is 34.1 Å². The van der Waals surface area contributed by atoms with Gasteiger partial charge in [0.05, 0.1) is 16.7 Å². The summed E-state index contributed by atoms with van der Waals surface area (Å²) in [7, 11) is -2.64. The number of nitrogens with one attached hydrogen (secondary N) is 1. The fourth-order valence-corrected chi connectivity index (χ4v) is 6.55. The predicted octanol–water partition coefficient (Wildman–Crippen LogP) is 4.16. The van der Waals surface area contributed by atoms with Crippen LogP contribution in [0.2, 0.25) is 0 Å². The quantitative estimate of drug-likeness (QED) is 0.404. The Hall–Kier alpha value is -3.62. The molecule has 1 saturated carbocycles. The van der Waals surface area contributed by atoms with Gasteiger partial charge in [-0.2, -0.15) is 18.3 Å². The number of aryl methyl sites for hydroxylation is 2. The van der Waals surface area contributed by atoms with Gasteiger partial charge in [0.15, 0.2) is 5.82 Å². The number of alkyl halides is 3. The molecule has 4 heterocycles. The highest BCUT2D eigenvalue weighted by Gasteiger charge is 2.56. The largest absolute Gasteiger partial charge is 0.476 e. The third kappa shape index (κ3) is 5.57. The molecule has 1 N–H and O–H groups in total. The van der Waals surface area contributed by atoms with Crippen molar-refractivity contribution < 1.29 is 31.1 Å². The third-order valence-corrected chi connectivity index (χ3v) is 9.42. The highest BCUT2D eigenvalue weighted by molar-refractivity contribution is 7.90. The average Bonchev–Trinajstić information content (AvgIpc) is 3.18. The van der Waals surface area contributed by atoms with Crippen molar-refractivity contribution in [3.63, 3.8) is 0 Å². The van der Waals surface area contributed by atoms with Crippen LogP contribution in [-0.2, 0) is 17.1 Å². The minimum Gasteiger partial charge on any atom is -0.476 e. The van der Waals surface area contributed by atoms with Crippen LogP contribution in [0.4, 0.5) is 19.0 Å². The molecule has 0 atom stereocenters. The number of ether oxygens (including phenoxy) is 1. The van der Waals surface area contributed by atoms with Gasteiger partial charge < -0.3 is 9.64 Å². The number of anilines is 1. The second-order valence-electron chi connectivity index (χ2n) is 12.6. The van der Waals surface area contributed by atoms with Crippen LogP contribution < -0.4 is 14.4 Å². The molecule has 1 saturated heterocycles. The topological polar surface area (TPSA) is 124 Å². The summed E-state index contributed by atoms with van der Waals surface area (Å²) >= 11 is 0. The minimum atomic E-state index is -4.45.